The van der Waals surface area contributed by atoms with Crippen LogP contribution in [0.2, 0.25) is 0 Å². The lowest BCUT2D eigenvalue weighted by Crippen LogP contribution is -2.33. The van der Waals surface area contributed by atoms with Crippen molar-refractivity contribution in [1.29, 1.82) is 0 Å². The van der Waals surface area contributed by atoms with Gasteiger partial charge in [-0.05, 0) is 53.1 Å². The third kappa shape index (κ3) is 5.68. The molecule has 9 nitrogen and oxygen atoms in total. The van der Waals surface area contributed by atoms with Crippen molar-refractivity contribution < 1.29 is 14.3 Å². The number of ether oxygens (including phenoxy) is 1. The number of carbonyl (C=O) groups excluding carboxylic acids is 2. The number of rotatable bonds is 7. The third-order valence-electron chi connectivity index (χ3n) is 5.39. The number of fused-ring (bicyclic) bond motifs is 1. The average molecular weight is 514 g/mol. The molecule has 0 saturated carbocycles. The fourth-order valence-electron chi connectivity index (χ4n) is 3.44. The fraction of sp³-hybridized carbons (Fsp3) is 0.167. The highest BCUT2D eigenvalue weighted by Crippen LogP contribution is 2.21. The molecule has 182 valence electrons. The molecule has 4 rings (SSSR count). The summed E-state index contributed by atoms with van der Waals surface area (Å²) in [7, 11) is 1.48. The molecule has 0 spiro atoms. The highest BCUT2D eigenvalue weighted by molar-refractivity contribution is 7.08. The van der Waals surface area contributed by atoms with Crippen LogP contribution in [0.25, 0.3) is 10.9 Å². The molecule has 0 saturated heterocycles. The predicted octanol–water partition coefficient (Wildman–Crippen LogP) is 3.41. The molecule has 2 amide bonds. The number of nitrogens with two attached hydrogens (primary N) is 1. The van der Waals surface area contributed by atoms with Gasteiger partial charge in [0, 0.05) is 35.4 Å². The van der Waals surface area contributed by atoms with Crippen LogP contribution < -0.4 is 26.7 Å². The highest BCUT2D eigenvalue weighted by atomic mass is 35.5. The van der Waals surface area contributed by atoms with E-state index in [1.165, 1.54) is 30.7 Å². The van der Waals surface area contributed by atoms with Gasteiger partial charge < -0.3 is 26.1 Å². The summed E-state index contributed by atoms with van der Waals surface area (Å²) in [5, 5.41) is 10.1. The maximum Gasteiger partial charge on any atom is 0.261 e. The van der Waals surface area contributed by atoms with Crippen molar-refractivity contribution >= 4 is 52.1 Å². The van der Waals surface area contributed by atoms with Gasteiger partial charge in [-0.2, -0.15) is 11.3 Å². The SMILES string of the molecule is COc1cc2[nH]c(=O)c(C(=O)Nc3cc(C(=O)NC(CN)c4ccsc4)ccc3C)cc2cn1.Cl. The maximum absolute atomic E-state index is 12.9. The number of benzene rings is 1. The molecular formula is C24H24ClN5O4S. The van der Waals surface area contributed by atoms with Crippen molar-refractivity contribution in [3.05, 3.63) is 86.0 Å². The third-order valence-corrected chi connectivity index (χ3v) is 6.09. The lowest BCUT2D eigenvalue weighted by Gasteiger charge is -2.17. The van der Waals surface area contributed by atoms with Crippen LogP contribution in [0.1, 0.15) is 37.9 Å². The lowest BCUT2D eigenvalue weighted by molar-refractivity contribution is 0.0936. The van der Waals surface area contributed by atoms with E-state index in [0.29, 0.717) is 28.0 Å². The number of H-pyrrole nitrogens is 1. The van der Waals surface area contributed by atoms with Crippen molar-refractivity contribution in [2.45, 2.75) is 13.0 Å². The standard InChI is InChI=1S/C24H23N5O4S.ClH/c1-13-3-4-14(22(30)29-20(10-25)15-5-6-34-12-15)8-18(13)27-23(31)17-7-16-11-26-21(33-2)9-19(16)28-24(17)32;/h3-9,11-12,20H,10,25H2,1-2H3,(H,27,31)(H,28,32)(H,29,30);1H. The molecule has 4 aromatic rings. The minimum atomic E-state index is -0.599. The quantitative estimate of drug-likeness (QED) is 0.298. The van der Waals surface area contributed by atoms with Gasteiger partial charge in [0.05, 0.1) is 18.7 Å². The first-order valence-corrected chi connectivity index (χ1v) is 11.4. The van der Waals surface area contributed by atoms with Gasteiger partial charge in [-0.25, -0.2) is 4.98 Å². The van der Waals surface area contributed by atoms with E-state index in [4.69, 9.17) is 10.5 Å². The first-order chi connectivity index (χ1) is 16.4. The van der Waals surface area contributed by atoms with Crippen LogP contribution in [0.3, 0.4) is 0 Å². The van der Waals surface area contributed by atoms with Crippen molar-refractivity contribution in [2.24, 2.45) is 5.73 Å². The number of hydrogen-bond acceptors (Lipinski definition) is 7. The Morgan fingerprint density at radius 3 is 2.69 bits per heavy atom. The highest BCUT2D eigenvalue weighted by Gasteiger charge is 2.18. The van der Waals surface area contributed by atoms with Crippen molar-refractivity contribution in [1.82, 2.24) is 15.3 Å². The number of aryl methyl sites for hydroxylation is 1. The zero-order valence-electron chi connectivity index (χ0n) is 19.0. The zero-order valence-corrected chi connectivity index (χ0v) is 20.6. The summed E-state index contributed by atoms with van der Waals surface area (Å²) >= 11 is 1.53. The van der Waals surface area contributed by atoms with Crippen molar-refractivity contribution in [3.8, 4) is 5.88 Å². The molecule has 0 radical (unpaired) electrons. The van der Waals surface area contributed by atoms with Crippen LogP contribution in [-0.4, -0.2) is 35.4 Å². The van der Waals surface area contributed by atoms with Crippen LogP contribution in [0, 0.1) is 6.92 Å². The molecule has 1 atom stereocenters. The Morgan fingerprint density at radius 1 is 1.20 bits per heavy atom. The van der Waals surface area contributed by atoms with Crippen molar-refractivity contribution in [3.63, 3.8) is 0 Å². The minimum absolute atomic E-state index is 0. The molecule has 3 heterocycles. The summed E-state index contributed by atoms with van der Waals surface area (Å²) in [6, 6.07) is 9.61. The first kappa shape index (κ1) is 25.9. The number of carbonyl (C=O) groups is 2. The number of amides is 2. The molecule has 0 aliphatic heterocycles. The number of methoxy groups -OCH3 is 1. The molecule has 5 N–H and O–H groups in total. The largest absolute Gasteiger partial charge is 0.481 e. The van der Waals surface area contributed by atoms with E-state index in [2.05, 4.69) is 20.6 Å². The Hall–Kier alpha value is -3.73. The number of nitrogens with zero attached hydrogens (tertiary/aromatic N) is 1. The summed E-state index contributed by atoms with van der Waals surface area (Å²) in [4.78, 5) is 45.1. The Labute approximate surface area is 211 Å². The summed E-state index contributed by atoms with van der Waals surface area (Å²) in [5.74, 6) is -0.569. The number of aromatic nitrogens is 2. The molecule has 0 fully saturated rings. The zero-order chi connectivity index (χ0) is 24.2. The van der Waals surface area contributed by atoms with E-state index < -0.39 is 11.5 Å². The molecular weight excluding hydrogens is 490 g/mol. The van der Waals surface area contributed by atoms with Crippen LogP contribution in [0.15, 0.2) is 58.1 Å². The predicted molar refractivity (Wildman–Crippen MR) is 139 cm³/mol. The Bertz CT molecular complexity index is 1420. The summed E-state index contributed by atoms with van der Waals surface area (Å²) in [6.45, 7) is 2.05. The van der Waals surface area contributed by atoms with Gasteiger partial charge in [-0.1, -0.05) is 6.07 Å². The molecule has 0 aliphatic carbocycles. The molecule has 35 heavy (non-hydrogen) atoms. The Morgan fingerprint density at radius 2 is 2.00 bits per heavy atom. The van der Waals surface area contributed by atoms with Crippen LogP contribution in [0.5, 0.6) is 5.88 Å². The van der Waals surface area contributed by atoms with Gasteiger partial charge in [-0.3, -0.25) is 14.4 Å². The summed E-state index contributed by atoms with van der Waals surface area (Å²) in [6.07, 6.45) is 1.51. The number of thiophene rings is 1. The number of nitrogens with one attached hydrogen (secondary N) is 3. The molecule has 11 heteroatoms. The first-order valence-electron chi connectivity index (χ1n) is 10.4. The Kier molecular flexibility index (Phi) is 8.23. The van der Waals surface area contributed by atoms with Crippen LogP contribution in [-0.2, 0) is 0 Å². The van der Waals surface area contributed by atoms with E-state index in [9.17, 15) is 14.4 Å². The molecule has 0 bridgehead atoms. The second-order valence-electron chi connectivity index (χ2n) is 7.63. The summed E-state index contributed by atoms with van der Waals surface area (Å²) < 4.78 is 5.06. The van der Waals surface area contributed by atoms with Gasteiger partial charge in [0.25, 0.3) is 17.4 Å². The molecule has 3 aromatic heterocycles. The fourth-order valence-corrected chi connectivity index (χ4v) is 4.16. The summed E-state index contributed by atoms with van der Waals surface area (Å²) in [5.41, 5.74) is 8.16. The van der Waals surface area contributed by atoms with E-state index >= 15 is 0 Å². The number of pyridine rings is 2. The van der Waals surface area contributed by atoms with Gasteiger partial charge in [-0.15, -0.1) is 12.4 Å². The number of aromatic amines is 1. The second kappa shape index (κ2) is 11.1. The Balaban J connectivity index is 0.00000342. The average Bonchev–Trinajstić information content (AvgIpc) is 3.37. The van der Waals surface area contributed by atoms with Gasteiger partial charge in [0.1, 0.15) is 5.56 Å². The maximum atomic E-state index is 12.9. The molecule has 1 aromatic carbocycles. The monoisotopic (exact) mass is 513 g/mol. The van der Waals surface area contributed by atoms with Gasteiger partial charge in [0.2, 0.25) is 5.88 Å². The topological polar surface area (TPSA) is 139 Å². The minimum Gasteiger partial charge on any atom is -0.481 e. The van der Waals surface area contributed by atoms with E-state index in [1.807, 2.05) is 16.8 Å². The smallest absolute Gasteiger partial charge is 0.261 e. The van der Waals surface area contributed by atoms with Crippen molar-refractivity contribution in [2.75, 3.05) is 19.0 Å². The normalized spacial score (nSPS) is 11.4. The van der Waals surface area contributed by atoms with E-state index in [1.54, 1.807) is 31.2 Å². The van der Waals surface area contributed by atoms with Crippen LogP contribution >= 0.6 is 23.7 Å². The van der Waals surface area contributed by atoms with E-state index in [-0.39, 0.29) is 36.5 Å². The van der Waals surface area contributed by atoms with Gasteiger partial charge >= 0.3 is 0 Å². The number of anilines is 1. The number of halogens is 1. The van der Waals surface area contributed by atoms with Crippen LogP contribution in [0.4, 0.5) is 5.69 Å². The lowest BCUT2D eigenvalue weighted by atomic mass is 10.1. The molecule has 1 unspecified atom stereocenters. The second-order valence-corrected chi connectivity index (χ2v) is 8.41. The molecule has 0 aliphatic rings. The van der Waals surface area contributed by atoms with Gasteiger partial charge in [0.15, 0.2) is 0 Å². The number of hydrogen-bond donors (Lipinski definition) is 4. The van der Waals surface area contributed by atoms with E-state index in [0.717, 1.165) is 11.1 Å².